The van der Waals surface area contributed by atoms with Crippen LogP contribution in [0.5, 0.6) is 17.2 Å². The fraction of sp³-hybridized carbons (Fsp3) is 0.370. The second-order valence-corrected chi connectivity index (χ2v) is 9.58. The molecule has 0 aromatic heterocycles. The molecule has 5 atom stereocenters. The molecule has 0 fully saturated rings. The van der Waals surface area contributed by atoms with Crippen LogP contribution >= 0.6 is 0 Å². The Kier molecular flexibility index (Phi) is 6.36. The summed E-state index contributed by atoms with van der Waals surface area (Å²) in [6.45, 7) is 0.587. The molecule has 3 aliphatic rings. The molecule has 0 radical (unpaired) electrons. The van der Waals surface area contributed by atoms with Gasteiger partial charge in [-0.2, -0.15) is 0 Å². The smallest absolute Gasteiger partial charge is 0.202 e. The maximum absolute atomic E-state index is 13.6. The van der Waals surface area contributed by atoms with Crippen LogP contribution in [0.3, 0.4) is 0 Å². The van der Waals surface area contributed by atoms with E-state index >= 15 is 0 Å². The lowest BCUT2D eigenvalue weighted by atomic mass is 9.72. The Balaban J connectivity index is 1.71. The standard InChI is InChI=1S/C27H26O11/c1-11-14(29)6-7-18(37-11)38-16-9-27(35,17(30)10-28)8-13-20(16)26(34)22-21(24(13)32)23(31)12-4-3-5-15(36-2)19(12)25(22)33/h3-7,11,14,16,18,28-29,32,34-35H,8-10H2,1-2H3/t11-,14?,16-,18+,27-/m0/s1. The van der Waals surface area contributed by atoms with Crippen LogP contribution in [0, 0.1) is 0 Å². The molecule has 5 N–H and O–H groups in total. The first-order valence-corrected chi connectivity index (χ1v) is 11.9. The van der Waals surface area contributed by atoms with Crippen LogP contribution in [0.15, 0.2) is 30.4 Å². The summed E-state index contributed by atoms with van der Waals surface area (Å²) in [7, 11) is 1.32. The van der Waals surface area contributed by atoms with Crippen LogP contribution in [0.1, 0.15) is 62.4 Å². The zero-order valence-corrected chi connectivity index (χ0v) is 20.5. The average Bonchev–Trinajstić information content (AvgIpc) is 2.90. The predicted molar refractivity (Wildman–Crippen MR) is 128 cm³/mol. The number of Topliss-reactive ketones (excluding diaryl/α,β-unsaturated/α-hetero) is 1. The van der Waals surface area contributed by atoms with Crippen molar-refractivity contribution in [2.45, 2.75) is 50.0 Å². The molecule has 38 heavy (non-hydrogen) atoms. The molecule has 0 bridgehead atoms. The number of carbonyl (C=O) groups is 3. The molecule has 0 saturated heterocycles. The molecule has 5 rings (SSSR count). The van der Waals surface area contributed by atoms with E-state index in [2.05, 4.69) is 0 Å². The molecule has 2 aromatic rings. The maximum Gasteiger partial charge on any atom is 0.202 e. The highest BCUT2D eigenvalue weighted by Crippen LogP contribution is 2.52. The van der Waals surface area contributed by atoms with Crippen molar-refractivity contribution in [1.29, 1.82) is 0 Å². The highest BCUT2D eigenvalue weighted by molar-refractivity contribution is 6.31. The fourth-order valence-electron chi connectivity index (χ4n) is 5.33. The van der Waals surface area contributed by atoms with Crippen molar-refractivity contribution in [3.05, 3.63) is 63.7 Å². The maximum atomic E-state index is 13.6. The highest BCUT2D eigenvalue weighted by atomic mass is 16.7. The number of methoxy groups -OCH3 is 1. The lowest BCUT2D eigenvalue weighted by Crippen LogP contribution is -2.48. The van der Waals surface area contributed by atoms with Gasteiger partial charge in [0.25, 0.3) is 0 Å². The second-order valence-electron chi connectivity index (χ2n) is 9.58. The monoisotopic (exact) mass is 526 g/mol. The summed E-state index contributed by atoms with van der Waals surface area (Å²) in [5, 5.41) is 53.3. The van der Waals surface area contributed by atoms with Crippen molar-refractivity contribution < 1.29 is 54.1 Å². The van der Waals surface area contributed by atoms with Gasteiger partial charge in [-0.1, -0.05) is 18.2 Å². The van der Waals surface area contributed by atoms with E-state index in [-0.39, 0.29) is 28.0 Å². The average molecular weight is 526 g/mol. The van der Waals surface area contributed by atoms with Crippen molar-refractivity contribution in [3.63, 3.8) is 0 Å². The third-order valence-electron chi connectivity index (χ3n) is 7.33. The third-order valence-corrected chi connectivity index (χ3v) is 7.33. The number of rotatable bonds is 5. The third kappa shape index (κ3) is 3.82. The molecule has 1 unspecified atom stereocenters. The zero-order chi connectivity index (χ0) is 27.5. The first-order chi connectivity index (χ1) is 18.0. The Morgan fingerprint density at radius 1 is 1.11 bits per heavy atom. The number of ether oxygens (including phenoxy) is 3. The molecule has 0 spiro atoms. The van der Waals surface area contributed by atoms with E-state index in [1.54, 1.807) is 6.92 Å². The number of phenolic OH excluding ortho intramolecular Hbond substituents is 2. The summed E-state index contributed by atoms with van der Waals surface area (Å²) in [4.78, 5) is 39.6. The van der Waals surface area contributed by atoms with Gasteiger partial charge >= 0.3 is 0 Å². The van der Waals surface area contributed by atoms with Gasteiger partial charge in [-0.3, -0.25) is 14.4 Å². The number of benzene rings is 2. The Labute approximate surface area is 216 Å². The first-order valence-electron chi connectivity index (χ1n) is 11.9. The number of aliphatic hydroxyl groups is 3. The zero-order valence-electron chi connectivity index (χ0n) is 20.5. The number of phenols is 2. The minimum Gasteiger partial charge on any atom is -0.507 e. The van der Waals surface area contributed by atoms with Gasteiger partial charge in [0.1, 0.15) is 29.5 Å². The van der Waals surface area contributed by atoms with Gasteiger partial charge in [0.2, 0.25) is 5.78 Å². The molecule has 2 aromatic carbocycles. The normalized spacial score (nSPS) is 27.9. The minimum atomic E-state index is -2.23. The van der Waals surface area contributed by atoms with E-state index in [4.69, 9.17) is 14.2 Å². The van der Waals surface area contributed by atoms with E-state index < -0.39 is 89.6 Å². The second kappa shape index (κ2) is 9.29. The number of fused-ring (bicyclic) bond motifs is 3. The molecule has 0 saturated carbocycles. The topological polar surface area (TPSA) is 180 Å². The summed E-state index contributed by atoms with van der Waals surface area (Å²) in [5.74, 6) is -3.73. The van der Waals surface area contributed by atoms with Gasteiger partial charge in [-0.15, -0.1) is 0 Å². The predicted octanol–water partition coefficient (Wildman–Crippen LogP) is 0.840. The minimum absolute atomic E-state index is 0.0462. The molecular formula is C27H26O11. The molecule has 1 aliphatic heterocycles. The van der Waals surface area contributed by atoms with Gasteiger partial charge in [0.15, 0.2) is 17.9 Å². The highest BCUT2D eigenvalue weighted by Gasteiger charge is 2.49. The quantitative estimate of drug-likeness (QED) is 0.235. The number of hydrogen-bond donors (Lipinski definition) is 5. The van der Waals surface area contributed by atoms with Crippen molar-refractivity contribution in [3.8, 4) is 17.2 Å². The Morgan fingerprint density at radius 3 is 2.47 bits per heavy atom. The van der Waals surface area contributed by atoms with Crippen LogP contribution in [-0.2, 0) is 20.7 Å². The van der Waals surface area contributed by atoms with Crippen molar-refractivity contribution >= 4 is 17.3 Å². The Hall–Kier alpha value is -3.61. The molecule has 2 aliphatic carbocycles. The van der Waals surface area contributed by atoms with Gasteiger partial charge in [0, 0.05) is 29.5 Å². The summed E-state index contributed by atoms with van der Waals surface area (Å²) in [6.07, 6.45) is -2.16. The molecular weight excluding hydrogens is 500 g/mol. The van der Waals surface area contributed by atoms with Crippen LogP contribution in [0.2, 0.25) is 0 Å². The van der Waals surface area contributed by atoms with Crippen molar-refractivity contribution in [2.24, 2.45) is 0 Å². The van der Waals surface area contributed by atoms with E-state index in [9.17, 15) is 39.9 Å². The van der Waals surface area contributed by atoms with Crippen molar-refractivity contribution in [2.75, 3.05) is 13.7 Å². The first kappa shape index (κ1) is 26.0. The summed E-state index contributed by atoms with van der Waals surface area (Å²) >= 11 is 0. The van der Waals surface area contributed by atoms with E-state index in [0.29, 0.717) is 0 Å². The summed E-state index contributed by atoms with van der Waals surface area (Å²) < 4.78 is 16.8. The largest absolute Gasteiger partial charge is 0.507 e. The summed E-state index contributed by atoms with van der Waals surface area (Å²) in [5.41, 5.74) is -3.57. The lowest BCUT2D eigenvalue weighted by molar-refractivity contribution is -0.200. The molecule has 0 amide bonds. The van der Waals surface area contributed by atoms with Crippen LogP contribution in [-0.4, -0.2) is 80.7 Å². The summed E-state index contributed by atoms with van der Waals surface area (Å²) in [6, 6.07) is 4.37. The number of ketones is 3. The number of hydrogen-bond acceptors (Lipinski definition) is 11. The lowest BCUT2D eigenvalue weighted by Gasteiger charge is -2.40. The van der Waals surface area contributed by atoms with E-state index in [1.165, 1.54) is 37.5 Å². The van der Waals surface area contributed by atoms with Gasteiger partial charge in [-0.25, -0.2) is 0 Å². The number of aromatic hydroxyl groups is 2. The van der Waals surface area contributed by atoms with Gasteiger partial charge in [-0.05, 0) is 19.1 Å². The molecule has 1 heterocycles. The SMILES string of the molecule is COc1cccc2c1C(=O)c1c(O)c3c(c(O)c1C2=O)C[C@@](O)(C(=O)CO)C[C@@H]3O[C@@H]1C=CC(O)[C@H](C)O1. The molecule has 11 heteroatoms. The van der Waals surface area contributed by atoms with Gasteiger partial charge in [0.05, 0.1) is 42.1 Å². The Morgan fingerprint density at radius 2 is 1.82 bits per heavy atom. The van der Waals surface area contributed by atoms with Crippen LogP contribution in [0.4, 0.5) is 0 Å². The van der Waals surface area contributed by atoms with Crippen LogP contribution < -0.4 is 4.74 Å². The van der Waals surface area contributed by atoms with Gasteiger partial charge < -0.3 is 39.7 Å². The number of carbonyl (C=O) groups excluding carboxylic acids is 3. The molecule has 11 nitrogen and oxygen atoms in total. The number of aliphatic hydroxyl groups excluding tert-OH is 2. The van der Waals surface area contributed by atoms with E-state index in [0.717, 1.165) is 0 Å². The van der Waals surface area contributed by atoms with E-state index in [1.807, 2.05) is 0 Å². The van der Waals surface area contributed by atoms with Crippen molar-refractivity contribution in [1.82, 2.24) is 0 Å². The Bertz CT molecular complexity index is 1390. The fourth-order valence-corrected chi connectivity index (χ4v) is 5.33. The van der Waals surface area contributed by atoms with Crippen LogP contribution in [0.25, 0.3) is 0 Å². The molecule has 200 valence electrons.